The van der Waals surface area contributed by atoms with Crippen molar-refractivity contribution in [3.63, 3.8) is 0 Å². The summed E-state index contributed by atoms with van der Waals surface area (Å²) in [5.74, 6) is -0.384. The highest BCUT2D eigenvalue weighted by molar-refractivity contribution is 7.92. The third-order valence-electron chi connectivity index (χ3n) is 5.05. The smallest absolute Gasteiger partial charge is 0.264 e. The van der Waals surface area contributed by atoms with Crippen molar-refractivity contribution in [1.29, 1.82) is 0 Å². The van der Waals surface area contributed by atoms with Crippen LogP contribution in [0.25, 0.3) is 0 Å². The van der Waals surface area contributed by atoms with Gasteiger partial charge in [-0.15, -0.1) is 11.3 Å². The molecule has 1 aliphatic heterocycles. The van der Waals surface area contributed by atoms with Gasteiger partial charge in [-0.2, -0.15) is 0 Å². The van der Waals surface area contributed by atoms with Gasteiger partial charge >= 0.3 is 0 Å². The van der Waals surface area contributed by atoms with Crippen LogP contribution in [0.2, 0.25) is 0 Å². The number of benzene rings is 2. The molecule has 1 unspecified atom stereocenters. The van der Waals surface area contributed by atoms with Gasteiger partial charge in [0.15, 0.2) is 5.13 Å². The van der Waals surface area contributed by atoms with E-state index in [1.54, 1.807) is 12.1 Å². The number of aryl methyl sites for hydroxylation is 2. The van der Waals surface area contributed by atoms with E-state index in [9.17, 15) is 13.2 Å². The summed E-state index contributed by atoms with van der Waals surface area (Å²) in [5, 5.41) is 3.25. The summed E-state index contributed by atoms with van der Waals surface area (Å²) in [6, 6.07) is 13.5. The Balaban J connectivity index is 1.65. The summed E-state index contributed by atoms with van der Waals surface area (Å²) in [5.41, 5.74) is 2.84. The Morgan fingerprint density at radius 3 is 2.66 bits per heavy atom. The van der Waals surface area contributed by atoms with E-state index in [1.165, 1.54) is 27.8 Å². The van der Waals surface area contributed by atoms with Crippen LogP contribution >= 0.6 is 11.3 Å². The van der Waals surface area contributed by atoms with Gasteiger partial charge in [-0.1, -0.05) is 24.3 Å². The number of amides is 1. The van der Waals surface area contributed by atoms with Crippen molar-refractivity contribution in [2.75, 3.05) is 9.62 Å². The number of anilines is 2. The van der Waals surface area contributed by atoms with Gasteiger partial charge in [0.25, 0.3) is 15.9 Å². The van der Waals surface area contributed by atoms with Crippen molar-refractivity contribution < 1.29 is 13.2 Å². The lowest BCUT2D eigenvalue weighted by Gasteiger charge is -2.24. The number of para-hydroxylation sites is 1. The quantitative estimate of drug-likeness (QED) is 0.678. The van der Waals surface area contributed by atoms with Crippen LogP contribution in [-0.4, -0.2) is 25.4 Å². The van der Waals surface area contributed by atoms with Gasteiger partial charge < -0.3 is 0 Å². The number of hydrogen-bond acceptors (Lipinski definition) is 5. The van der Waals surface area contributed by atoms with Gasteiger partial charge in [0.2, 0.25) is 0 Å². The summed E-state index contributed by atoms with van der Waals surface area (Å²) in [6.45, 7) is 5.70. The minimum absolute atomic E-state index is 0.0974. The lowest BCUT2D eigenvalue weighted by molar-refractivity contribution is 0.102. The molecule has 1 N–H and O–H groups in total. The highest BCUT2D eigenvalue weighted by atomic mass is 32.2. The molecule has 1 atom stereocenters. The Bertz CT molecular complexity index is 1180. The maximum absolute atomic E-state index is 13.4. The summed E-state index contributed by atoms with van der Waals surface area (Å²) < 4.78 is 28.2. The molecule has 8 heteroatoms. The van der Waals surface area contributed by atoms with Gasteiger partial charge in [0, 0.05) is 16.5 Å². The van der Waals surface area contributed by atoms with E-state index >= 15 is 0 Å². The van der Waals surface area contributed by atoms with Crippen molar-refractivity contribution in [2.45, 2.75) is 38.1 Å². The number of carbonyl (C=O) groups excluding carboxylic acids is 1. The van der Waals surface area contributed by atoms with Crippen LogP contribution in [0, 0.1) is 13.8 Å². The lowest BCUT2D eigenvalue weighted by atomic mass is 10.1. The average Bonchev–Trinajstić information content (AvgIpc) is 3.19. The molecule has 1 aliphatic rings. The second-order valence-corrected chi connectivity index (χ2v) is 10.1. The fourth-order valence-electron chi connectivity index (χ4n) is 3.51. The number of sulfonamides is 1. The fraction of sp³-hybridized carbons (Fsp3) is 0.238. The Kier molecular flexibility index (Phi) is 4.92. The molecule has 0 saturated carbocycles. The first-order valence-electron chi connectivity index (χ1n) is 9.25. The van der Waals surface area contributed by atoms with E-state index < -0.39 is 10.0 Å². The number of aromatic nitrogens is 1. The van der Waals surface area contributed by atoms with E-state index in [1.807, 2.05) is 45.0 Å². The largest absolute Gasteiger partial charge is 0.298 e. The van der Waals surface area contributed by atoms with Gasteiger partial charge in [-0.05, 0) is 57.0 Å². The summed E-state index contributed by atoms with van der Waals surface area (Å²) in [7, 11) is -3.79. The molecular formula is C21H21N3O3S2. The number of rotatable bonds is 4. The van der Waals surface area contributed by atoms with Gasteiger partial charge in [-0.25, -0.2) is 13.4 Å². The molecule has 1 amide bonds. The minimum Gasteiger partial charge on any atom is -0.298 e. The fourth-order valence-corrected chi connectivity index (χ4v) is 6.06. The average molecular weight is 428 g/mol. The predicted octanol–water partition coefficient (Wildman–Crippen LogP) is 4.15. The highest BCUT2D eigenvalue weighted by Gasteiger charge is 2.36. The normalized spacial score (nSPS) is 16.0. The molecule has 0 bridgehead atoms. The molecule has 0 saturated heterocycles. The van der Waals surface area contributed by atoms with Crippen LogP contribution in [0.5, 0.6) is 0 Å². The van der Waals surface area contributed by atoms with Gasteiger partial charge in [0.1, 0.15) is 0 Å². The molecule has 2 aromatic carbocycles. The molecule has 6 nitrogen and oxygen atoms in total. The first-order chi connectivity index (χ1) is 13.8. The summed E-state index contributed by atoms with van der Waals surface area (Å²) in [6.07, 6.45) is 0.665. The van der Waals surface area contributed by atoms with Crippen LogP contribution in [0.15, 0.2) is 53.4 Å². The third-order valence-corrected chi connectivity index (χ3v) is 7.96. The Hall–Kier alpha value is -2.71. The van der Waals surface area contributed by atoms with Crippen LogP contribution in [-0.2, 0) is 16.4 Å². The van der Waals surface area contributed by atoms with Crippen molar-refractivity contribution in [2.24, 2.45) is 0 Å². The second kappa shape index (κ2) is 7.27. The van der Waals surface area contributed by atoms with E-state index in [0.717, 1.165) is 16.1 Å². The Morgan fingerprint density at radius 2 is 1.93 bits per heavy atom. The topological polar surface area (TPSA) is 79.4 Å². The first kappa shape index (κ1) is 19.6. The molecule has 3 aromatic rings. The van der Waals surface area contributed by atoms with Crippen molar-refractivity contribution in [3.8, 4) is 0 Å². The predicted molar refractivity (Wildman–Crippen MR) is 115 cm³/mol. The SMILES string of the molecule is Cc1nc(NC(=O)c2cccc(S(=O)(=O)N3c4ccccc4CC3C)c2)sc1C. The minimum atomic E-state index is -3.79. The summed E-state index contributed by atoms with van der Waals surface area (Å²) >= 11 is 1.39. The number of nitrogens with one attached hydrogen (secondary N) is 1. The molecular weight excluding hydrogens is 406 g/mol. The number of nitrogens with zero attached hydrogens (tertiary/aromatic N) is 2. The molecule has 0 aliphatic carbocycles. The number of thiazole rings is 1. The Morgan fingerprint density at radius 1 is 1.17 bits per heavy atom. The molecule has 1 aromatic heterocycles. The van der Waals surface area contributed by atoms with Gasteiger partial charge in [-0.3, -0.25) is 14.4 Å². The number of carbonyl (C=O) groups is 1. The molecule has 0 radical (unpaired) electrons. The van der Waals surface area contributed by atoms with Crippen molar-refractivity contribution >= 4 is 38.1 Å². The van der Waals surface area contributed by atoms with Crippen molar-refractivity contribution in [1.82, 2.24) is 4.98 Å². The zero-order valence-electron chi connectivity index (χ0n) is 16.3. The van der Waals surface area contributed by atoms with E-state index in [4.69, 9.17) is 0 Å². The molecule has 0 fully saturated rings. The zero-order chi connectivity index (χ0) is 20.8. The van der Waals surface area contributed by atoms with E-state index in [0.29, 0.717) is 17.2 Å². The van der Waals surface area contributed by atoms with Crippen LogP contribution in [0.1, 0.15) is 33.4 Å². The van der Waals surface area contributed by atoms with Crippen LogP contribution in [0.3, 0.4) is 0 Å². The summed E-state index contributed by atoms with van der Waals surface area (Å²) in [4.78, 5) is 18.1. The molecule has 2 heterocycles. The molecule has 4 rings (SSSR count). The molecule has 29 heavy (non-hydrogen) atoms. The maximum Gasteiger partial charge on any atom is 0.264 e. The molecule has 0 spiro atoms. The van der Waals surface area contributed by atoms with Crippen molar-refractivity contribution in [3.05, 3.63) is 70.2 Å². The van der Waals surface area contributed by atoms with E-state index in [2.05, 4.69) is 10.3 Å². The van der Waals surface area contributed by atoms with Crippen LogP contribution in [0.4, 0.5) is 10.8 Å². The third kappa shape index (κ3) is 3.54. The monoisotopic (exact) mass is 427 g/mol. The lowest BCUT2D eigenvalue weighted by Crippen LogP contribution is -2.35. The highest BCUT2D eigenvalue weighted by Crippen LogP contribution is 2.36. The van der Waals surface area contributed by atoms with Crippen LogP contribution < -0.4 is 9.62 Å². The number of hydrogen-bond donors (Lipinski definition) is 1. The maximum atomic E-state index is 13.4. The molecule has 150 valence electrons. The van der Waals surface area contributed by atoms with E-state index in [-0.39, 0.29) is 22.4 Å². The zero-order valence-corrected chi connectivity index (χ0v) is 18.0. The first-order valence-corrected chi connectivity index (χ1v) is 11.5. The Labute approximate surface area is 174 Å². The van der Waals surface area contributed by atoms with Gasteiger partial charge in [0.05, 0.1) is 16.3 Å². The second-order valence-electron chi connectivity index (χ2n) is 7.13. The number of fused-ring (bicyclic) bond motifs is 1. The standard InChI is InChI=1S/C21H21N3O3S2/c1-13-11-16-7-4-5-10-19(16)24(13)29(26,27)18-9-6-8-17(12-18)20(25)23-21-22-14(2)15(3)28-21/h4-10,12-13H,11H2,1-3H3,(H,22,23,25).